The molecule has 1 aliphatic heterocycles. The second-order valence-electron chi connectivity index (χ2n) is 5.66. The van der Waals surface area contributed by atoms with Gasteiger partial charge < -0.3 is 4.90 Å². The number of hydrogen-bond acceptors (Lipinski definition) is 3. The molecule has 23 heavy (non-hydrogen) atoms. The molecule has 1 saturated heterocycles. The summed E-state index contributed by atoms with van der Waals surface area (Å²) in [4.78, 5) is 19.0. The second-order valence-corrected chi connectivity index (χ2v) is 5.66. The molecule has 0 bridgehead atoms. The largest absolute Gasteiger partial charge is 0.331 e. The summed E-state index contributed by atoms with van der Waals surface area (Å²) in [5.41, 5.74) is 1.86. The lowest BCUT2D eigenvalue weighted by molar-refractivity contribution is 0.0737. The van der Waals surface area contributed by atoms with Crippen LogP contribution < -0.4 is 0 Å². The van der Waals surface area contributed by atoms with E-state index in [4.69, 9.17) is 0 Å². The summed E-state index contributed by atoms with van der Waals surface area (Å²) in [6.45, 7) is 0.657. The van der Waals surface area contributed by atoms with Crippen LogP contribution in [0.3, 0.4) is 0 Å². The van der Waals surface area contributed by atoms with Gasteiger partial charge in [-0.2, -0.15) is 5.10 Å². The van der Waals surface area contributed by atoms with Crippen LogP contribution in [0.1, 0.15) is 34.8 Å². The van der Waals surface area contributed by atoms with E-state index >= 15 is 0 Å². The minimum Gasteiger partial charge on any atom is -0.331 e. The normalized spacial score (nSPS) is 17.8. The Morgan fingerprint density at radius 1 is 1.30 bits per heavy atom. The van der Waals surface area contributed by atoms with Crippen LogP contribution in [0.4, 0.5) is 4.39 Å². The monoisotopic (exact) mass is 310 g/mol. The van der Waals surface area contributed by atoms with E-state index in [9.17, 15) is 9.18 Å². The average molecular weight is 310 g/mol. The summed E-state index contributed by atoms with van der Waals surface area (Å²) in [7, 11) is 0. The SMILES string of the molecule is O=C(c1cnn2cccnc12)N1CCC[C@H]1c1cccc(F)c1. The molecule has 116 valence electrons. The molecule has 1 aromatic carbocycles. The fraction of sp³-hybridized carbons (Fsp3) is 0.235. The first-order chi connectivity index (χ1) is 11.2. The third-order valence-corrected chi connectivity index (χ3v) is 4.26. The number of halogens is 1. The lowest BCUT2D eigenvalue weighted by Gasteiger charge is -2.24. The van der Waals surface area contributed by atoms with E-state index in [-0.39, 0.29) is 17.8 Å². The number of carbonyl (C=O) groups is 1. The van der Waals surface area contributed by atoms with Gasteiger partial charge in [0, 0.05) is 18.9 Å². The number of aromatic nitrogens is 3. The highest BCUT2D eigenvalue weighted by atomic mass is 19.1. The molecule has 1 amide bonds. The lowest BCUT2D eigenvalue weighted by Crippen LogP contribution is -2.30. The van der Waals surface area contributed by atoms with Gasteiger partial charge in [0.05, 0.1) is 12.2 Å². The van der Waals surface area contributed by atoms with E-state index in [1.165, 1.54) is 12.1 Å². The van der Waals surface area contributed by atoms with Gasteiger partial charge in [-0.1, -0.05) is 12.1 Å². The molecular weight excluding hydrogens is 295 g/mol. The number of hydrogen-bond donors (Lipinski definition) is 0. The molecule has 2 aromatic heterocycles. The molecule has 0 radical (unpaired) electrons. The van der Waals surface area contributed by atoms with Gasteiger partial charge in [-0.25, -0.2) is 13.9 Å². The first-order valence-electron chi connectivity index (χ1n) is 7.59. The zero-order valence-corrected chi connectivity index (χ0v) is 12.4. The molecule has 1 aliphatic rings. The van der Waals surface area contributed by atoms with Crippen LogP contribution in [0.5, 0.6) is 0 Å². The van der Waals surface area contributed by atoms with Crippen LogP contribution in [0.15, 0.2) is 48.9 Å². The Morgan fingerprint density at radius 3 is 3.09 bits per heavy atom. The van der Waals surface area contributed by atoms with Gasteiger partial charge in [0.1, 0.15) is 11.4 Å². The van der Waals surface area contributed by atoms with E-state index < -0.39 is 0 Å². The quantitative estimate of drug-likeness (QED) is 0.731. The van der Waals surface area contributed by atoms with Crippen LogP contribution in [-0.2, 0) is 0 Å². The zero-order chi connectivity index (χ0) is 15.8. The Balaban J connectivity index is 1.70. The standard InChI is InChI=1S/C17H15FN4O/c18-13-5-1-4-12(10-13)15-6-2-8-21(15)17(23)14-11-20-22-9-3-7-19-16(14)22/h1,3-5,7,9-11,15H,2,6,8H2/t15-/m0/s1. The number of likely N-dealkylation sites (tertiary alicyclic amines) is 1. The van der Waals surface area contributed by atoms with Gasteiger partial charge >= 0.3 is 0 Å². The maximum Gasteiger partial charge on any atom is 0.259 e. The van der Waals surface area contributed by atoms with Crippen molar-refractivity contribution in [1.29, 1.82) is 0 Å². The highest BCUT2D eigenvalue weighted by Crippen LogP contribution is 2.33. The molecule has 0 N–H and O–H groups in total. The summed E-state index contributed by atoms with van der Waals surface area (Å²) in [5.74, 6) is -0.384. The predicted octanol–water partition coefficient (Wildman–Crippen LogP) is 2.85. The van der Waals surface area contributed by atoms with Gasteiger partial charge in [-0.05, 0) is 36.6 Å². The minimum absolute atomic E-state index is 0.100. The zero-order valence-electron chi connectivity index (χ0n) is 12.4. The van der Waals surface area contributed by atoms with Crippen LogP contribution in [0, 0.1) is 5.82 Å². The van der Waals surface area contributed by atoms with E-state index in [1.807, 2.05) is 6.07 Å². The fourth-order valence-corrected chi connectivity index (χ4v) is 3.20. The topological polar surface area (TPSA) is 50.5 Å². The third kappa shape index (κ3) is 2.36. The first-order valence-corrected chi connectivity index (χ1v) is 7.59. The lowest BCUT2D eigenvalue weighted by atomic mass is 10.0. The molecule has 0 unspecified atom stereocenters. The molecule has 0 aliphatic carbocycles. The Morgan fingerprint density at radius 2 is 2.22 bits per heavy atom. The minimum atomic E-state index is -0.278. The predicted molar refractivity (Wildman–Crippen MR) is 82.4 cm³/mol. The molecule has 5 nitrogen and oxygen atoms in total. The van der Waals surface area contributed by atoms with Crippen LogP contribution in [0.2, 0.25) is 0 Å². The molecule has 3 heterocycles. The van der Waals surface area contributed by atoms with E-state index in [1.54, 1.807) is 40.1 Å². The van der Waals surface area contributed by atoms with Crippen molar-refractivity contribution in [2.45, 2.75) is 18.9 Å². The van der Waals surface area contributed by atoms with Gasteiger partial charge in [-0.3, -0.25) is 4.79 Å². The van der Waals surface area contributed by atoms with Gasteiger partial charge in [0.15, 0.2) is 5.65 Å². The number of carbonyl (C=O) groups excluding carboxylic acids is 1. The van der Waals surface area contributed by atoms with E-state index in [2.05, 4.69) is 10.1 Å². The Bertz CT molecular complexity index is 876. The molecular formula is C17H15FN4O. The Labute approximate surface area is 132 Å². The highest BCUT2D eigenvalue weighted by Gasteiger charge is 2.32. The molecule has 1 fully saturated rings. The number of fused-ring (bicyclic) bond motifs is 1. The summed E-state index contributed by atoms with van der Waals surface area (Å²) in [5, 5.41) is 4.17. The highest BCUT2D eigenvalue weighted by molar-refractivity contribution is 6.00. The molecule has 0 spiro atoms. The maximum absolute atomic E-state index is 13.5. The fourth-order valence-electron chi connectivity index (χ4n) is 3.20. The van der Waals surface area contributed by atoms with Crippen molar-refractivity contribution < 1.29 is 9.18 Å². The number of rotatable bonds is 2. The van der Waals surface area contributed by atoms with E-state index in [0.29, 0.717) is 17.8 Å². The van der Waals surface area contributed by atoms with Crippen molar-refractivity contribution in [2.75, 3.05) is 6.54 Å². The first kappa shape index (κ1) is 13.9. The number of nitrogens with zero attached hydrogens (tertiary/aromatic N) is 4. The number of amides is 1. The molecule has 4 rings (SSSR count). The molecule has 1 atom stereocenters. The molecule has 0 saturated carbocycles. The smallest absolute Gasteiger partial charge is 0.259 e. The van der Waals surface area contributed by atoms with Crippen LogP contribution >= 0.6 is 0 Å². The van der Waals surface area contributed by atoms with Gasteiger partial charge in [-0.15, -0.1) is 0 Å². The van der Waals surface area contributed by atoms with Crippen LogP contribution in [-0.4, -0.2) is 31.9 Å². The van der Waals surface area contributed by atoms with Crippen molar-refractivity contribution in [3.05, 3.63) is 65.9 Å². The average Bonchev–Trinajstić information content (AvgIpc) is 3.21. The summed E-state index contributed by atoms with van der Waals surface area (Å²) >= 11 is 0. The molecule has 6 heteroatoms. The van der Waals surface area contributed by atoms with Crippen molar-refractivity contribution in [3.63, 3.8) is 0 Å². The Kier molecular flexibility index (Phi) is 3.29. The Hall–Kier alpha value is -2.76. The van der Waals surface area contributed by atoms with Gasteiger partial charge in [0.2, 0.25) is 0 Å². The third-order valence-electron chi connectivity index (χ3n) is 4.26. The van der Waals surface area contributed by atoms with E-state index in [0.717, 1.165) is 18.4 Å². The van der Waals surface area contributed by atoms with Gasteiger partial charge in [0.25, 0.3) is 5.91 Å². The number of benzene rings is 1. The van der Waals surface area contributed by atoms with Crippen molar-refractivity contribution in [2.24, 2.45) is 0 Å². The van der Waals surface area contributed by atoms with Crippen molar-refractivity contribution in [3.8, 4) is 0 Å². The van der Waals surface area contributed by atoms with Crippen molar-refractivity contribution in [1.82, 2.24) is 19.5 Å². The second kappa shape index (κ2) is 5.46. The maximum atomic E-state index is 13.5. The summed E-state index contributed by atoms with van der Waals surface area (Å²) < 4.78 is 15.1. The summed E-state index contributed by atoms with van der Waals surface area (Å²) in [6, 6.07) is 8.14. The van der Waals surface area contributed by atoms with Crippen LogP contribution in [0.25, 0.3) is 5.65 Å². The summed E-state index contributed by atoms with van der Waals surface area (Å²) in [6.07, 6.45) is 6.68. The van der Waals surface area contributed by atoms with Crippen molar-refractivity contribution >= 4 is 11.6 Å². The molecule has 3 aromatic rings.